The zero-order valence-electron chi connectivity index (χ0n) is 15.1. The molecular formula is C18H23N5O3S. The second-order valence-electron chi connectivity index (χ2n) is 6.40. The fraction of sp³-hybridized carbons (Fsp3) is 0.389. The molecule has 3 rings (SSSR count). The lowest BCUT2D eigenvalue weighted by atomic mass is 9.99. The molecule has 144 valence electrons. The largest absolute Gasteiger partial charge is 0.277 e. The van der Waals surface area contributed by atoms with Gasteiger partial charge in [-0.3, -0.25) is 9.89 Å². The fourth-order valence-corrected chi connectivity index (χ4v) is 4.26. The van der Waals surface area contributed by atoms with Crippen LogP contribution >= 0.6 is 0 Å². The van der Waals surface area contributed by atoms with Gasteiger partial charge in [-0.05, 0) is 19.8 Å². The molecule has 1 amide bonds. The molecule has 27 heavy (non-hydrogen) atoms. The first-order chi connectivity index (χ1) is 13.0. The summed E-state index contributed by atoms with van der Waals surface area (Å²) in [5.41, 5.74) is 5.06. The zero-order chi connectivity index (χ0) is 19.3. The Balaban J connectivity index is 1.62. The molecule has 0 aliphatic carbocycles. The van der Waals surface area contributed by atoms with E-state index < -0.39 is 15.9 Å². The van der Waals surface area contributed by atoms with Crippen molar-refractivity contribution in [2.45, 2.75) is 19.8 Å². The summed E-state index contributed by atoms with van der Waals surface area (Å²) in [4.78, 5) is 12.4. The summed E-state index contributed by atoms with van der Waals surface area (Å²) in [6.45, 7) is 2.29. The lowest BCUT2D eigenvalue weighted by Gasteiger charge is -2.30. The Morgan fingerprint density at radius 2 is 2.19 bits per heavy atom. The van der Waals surface area contributed by atoms with Crippen LogP contribution in [0.3, 0.4) is 0 Å². The minimum Gasteiger partial charge on any atom is -0.277 e. The number of nitrogens with zero attached hydrogens (tertiary/aromatic N) is 3. The van der Waals surface area contributed by atoms with Gasteiger partial charge in [0, 0.05) is 24.2 Å². The monoisotopic (exact) mass is 389 g/mol. The third kappa shape index (κ3) is 4.61. The van der Waals surface area contributed by atoms with Crippen molar-refractivity contribution in [3.8, 4) is 11.3 Å². The van der Waals surface area contributed by atoms with Gasteiger partial charge < -0.3 is 0 Å². The first-order valence-electron chi connectivity index (χ1n) is 8.91. The second-order valence-corrected chi connectivity index (χ2v) is 8.66. The zero-order valence-corrected chi connectivity index (χ0v) is 15.9. The van der Waals surface area contributed by atoms with Crippen LogP contribution in [0.2, 0.25) is 0 Å². The van der Waals surface area contributed by atoms with Crippen LogP contribution in [0.15, 0.2) is 41.6 Å². The van der Waals surface area contributed by atoms with Gasteiger partial charge in [0.2, 0.25) is 15.9 Å². The van der Waals surface area contributed by atoms with E-state index in [9.17, 15) is 13.2 Å². The fourth-order valence-electron chi connectivity index (χ4n) is 3.08. The minimum absolute atomic E-state index is 0.0439. The van der Waals surface area contributed by atoms with Crippen LogP contribution in [-0.4, -0.2) is 53.9 Å². The molecule has 1 atom stereocenters. The molecule has 1 aromatic heterocycles. The molecular weight excluding hydrogens is 366 g/mol. The number of benzene rings is 1. The molecule has 0 spiro atoms. The van der Waals surface area contributed by atoms with Gasteiger partial charge in [-0.1, -0.05) is 30.3 Å². The van der Waals surface area contributed by atoms with Crippen LogP contribution in [0, 0.1) is 5.92 Å². The summed E-state index contributed by atoms with van der Waals surface area (Å²) in [6.07, 6.45) is 4.49. The van der Waals surface area contributed by atoms with Gasteiger partial charge in [0.25, 0.3) is 0 Å². The number of amides is 1. The molecule has 1 unspecified atom stereocenters. The average Bonchev–Trinajstić information content (AvgIpc) is 3.17. The quantitative estimate of drug-likeness (QED) is 0.578. The van der Waals surface area contributed by atoms with Crippen molar-refractivity contribution in [3.63, 3.8) is 0 Å². The van der Waals surface area contributed by atoms with Crippen LogP contribution in [0.4, 0.5) is 0 Å². The van der Waals surface area contributed by atoms with E-state index in [4.69, 9.17) is 0 Å². The maximum atomic E-state index is 12.4. The van der Waals surface area contributed by atoms with Gasteiger partial charge in [0.15, 0.2) is 0 Å². The highest BCUT2D eigenvalue weighted by Gasteiger charge is 2.31. The summed E-state index contributed by atoms with van der Waals surface area (Å²) in [5.74, 6) is -0.621. The standard InChI is InChI=1S/C18H23N5O3S/c1-2-27(25,26)23-10-6-9-15(13-23)18(24)22-20-12-16-11-19-21-17(16)14-7-4-3-5-8-14/h3-5,7-8,11-12,15H,2,6,9-10,13H2,1H3,(H,19,21)(H,22,24). The van der Waals surface area contributed by atoms with E-state index in [0.29, 0.717) is 19.4 Å². The van der Waals surface area contributed by atoms with Gasteiger partial charge in [0.05, 0.1) is 29.8 Å². The predicted molar refractivity (Wildman–Crippen MR) is 104 cm³/mol. The predicted octanol–water partition coefficient (Wildman–Crippen LogP) is 1.59. The number of aromatic nitrogens is 2. The minimum atomic E-state index is -3.28. The first kappa shape index (κ1) is 19.2. The highest BCUT2D eigenvalue weighted by Crippen LogP contribution is 2.20. The summed E-state index contributed by atoms with van der Waals surface area (Å²) in [5, 5.41) is 11.0. The Morgan fingerprint density at radius 3 is 2.93 bits per heavy atom. The Bertz CT molecular complexity index is 908. The van der Waals surface area contributed by atoms with Crippen molar-refractivity contribution < 1.29 is 13.2 Å². The number of H-pyrrole nitrogens is 1. The van der Waals surface area contributed by atoms with E-state index in [1.807, 2.05) is 30.3 Å². The molecule has 1 saturated heterocycles. The summed E-state index contributed by atoms with van der Waals surface area (Å²) < 4.78 is 25.4. The van der Waals surface area contributed by atoms with E-state index >= 15 is 0 Å². The van der Waals surface area contributed by atoms with Crippen LogP contribution in [-0.2, 0) is 14.8 Å². The Hall–Kier alpha value is -2.52. The van der Waals surface area contributed by atoms with E-state index in [2.05, 4.69) is 20.7 Å². The number of hydrazone groups is 1. The number of nitrogens with one attached hydrogen (secondary N) is 2. The smallest absolute Gasteiger partial charge is 0.244 e. The van der Waals surface area contributed by atoms with E-state index in [1.54, 1.807) is 13.1 Å². The highest BCUT2D eigenvalue weighted by molar-refractivity contribution is 7.89. The van der Waals surface area contributed by atoms with Gasteiger partial charge >= 0.3 is 0 Å². The Morgan fingerprint density at radius 1 is 1.41 bits per heavy atom. The van der Waals surface area contributed by atoms with Crippen LogP contribution < -0.4 is 5.43 Å². The molecule has 9 heteroatoms. The third-order valence-electron chi connectivity index (χ3n) is 4.62. The number of rotatable bonds is 6. The molecule has 0 bridgehead atoms. The molecule has 8 nitrogen and oxygen atoms in total. The third-order valence-corrected chi connectivity index (χ3v) is 6.47. The first-order valence-corrected chi connectivity index (χ1v) is 10.5. The van der Waals surface area contributed by atoms with Crippen LogP contribution in [0.25, 0.3) is 11.3 Å². The van der Waals surface area contributed by atoms with Crippen molar-refractivity contribution >= 4 is 22.1 Å². The van der Waals surface area contributed by atoms with Gasteiger partial charge in [-0.25, -0.2) is 18.1 Å². The molecule has 1 aliphatic rings. The molecule has 2 N–H and O–H groups in total. The number of carbonyl (C=O) groups is 1. The molecule has 1 fully saturated rings. The molecule has 1 aliphatic heterocycles. The van der Waals surface area contributed by atoms with Crippen molar-refractivity contribution in [2.75, 3.05) is 18.8 Å². The van der Waals surface area contributed by atoms with E-state index in [0.717, 1.165) is 16.8 Å². The topological polar surface area (TPSA) is 108 Å². The maximum absolute atomic E-state index is 12.4. The highest BCUT2D eigenvalue weighted by atomic mass is 32.2. The van der Waals surface area contributed by atoms with E-state index in [1.165, 1.54) is 10.5 Å². The number of hydrogen-bond acceptors (Lipinski definition) is 5. The van der Waals surface area contributed by atoms with Crippen molar-refractivity contribution in [1.29, 1.82) is 0 Å². The molecule has 1 aromatic carbocycles. The van der Waals surface area contributed by atoms with Crippen molar-refractivity contribution in [3.05, 3.63) is 42.1 Å². The normalized spacial score (nSPS) is 18.6. The lowest BCUT2D eigenvalue weighted by Crippen LogP contribution is -2.45. The number of sulfonamides is 1. The number of piperidine rings is 1. The average molecular weight is 389 g/mol. The van der Waals surface area contributed by atoms with Gasteiger partial charge in [-0.15, -0.1) is 0 Å². The summed E-state index contributed by atoms with van der Waals surface area (Å²) >= 11 is 0. The van der Waals surface area contributed by atoms with Crippen LogP contribution in [0.1, 0.15) is 25.3 Å². The molecule has 0 saturated carbocycles. The number of aromatic amines is 1. The van der Waals surface area contributed by atoms with E-state index in [-0.39, 0.29) is 18.2 Å². The molecule has 2 aromatic rings. The number of carbonyl (C=O) groups excluding carboxylic acids is 1. The number of hydrogen-bond donors (Lipinski definition) is 2. The second kappa shape index (κ2) is 8.45. The maximum Gasteiger partial charge on any atom is 0.244 e. The summed E-state index contributed by atoms with van der Waals surface area (Å²) in [6, 6.07) is 9.69. The van der Waals surface area contributed by atoms with Gasteiger partial charge in [0.1, 0.15) is 0 Å². The van der Waals surface area contributed by atoms with Crippen molar-refractivity contribution in [2.24, 2.45) is 11.0 Å². The SMILES string of the molecule is CCS(=O)(=O)N1CCCC(C(=O)NN=Cc2cn[nH]c2-c2ccccc2)C1. The Kier molecular flexibility index (Phi) is 6.02. The lowest BCUT2D eigenvalue weighted by molar-refractivity contribution is -0.126. The molecule has 0 radical (unpaired) electrons. The Labute approximate surface area is 158 Å². The summed E-state index contributed by atoms with van der Waals surface area (Å²) in [7, 11) is -3.28. The van der Waals surface area contributed by atoms with Crippen LogP contribution in [0.5, 0.6) is 0 Å². The molecule has 2 heterocycles. The van der Waals surface area contributed by atoms with Crippen molar-refractivity contribution in [1.82, 2.24) is 19.9 Å². The van der Waals surface area contributed by atoms with Gasteiger partial charge in [-0.2, -0.15) is 10.2 Å².